The minimum Gasteiger partial charge on any atom is -0.479 e. The highest BCUT2D eigenvalue weighted by molar-refractivity contribution is 6.12. The highest BCUT2D eigenvalue weighted by Crippen LogP contribution is 2.32. The van der Waals surface area contributed by atoms with E-state index in [0.29, 0.717) is 0 Å². The number of terminal acetylenes is 1. The molecule has 0 bridgehead atoms. The van der Waals surface area contributed by atoms with Crippen LogP contribution in [0.25, 0.3) is 11.1 Å². The zero-order valence-corrected chi connectivity index (χ0v) is 18.7. The van der Waals surface area contributed by atoms with Crippen molar-refractivity contribution in [2.75, 3.05) is 17.2 Å². The van der Waals surface area contributed by atoms with Crippen LogP contribution in [0, 0.1) is 35.0 Å². The number of carbonyl (C=O) groups is 3. The smallest absolute Gasteiger partial charge is 0.409 e. The Morgan fingerprint density at radius 2 is 1.67 bits per heavy atom. The van der Waals surface area contributed by atoms with Gasteiger partial charge in [-0.1, -0.05) is 42.3 Å². The number of anilines is 2. The molecule has 0 unspecified atom stereocenters. The lowest BCUT2D eigenvalue weighted by Crippen LogP contribution is -2.19. The van der Waals surface area contributed by atoms with Gasteiger partial charge in [0.1, 0.15) is 11.8 Å². The highest BCUT2D eigenvalue weighted by atomic mass is 16.5. The van der Waals surface area contributed by atoms with Crippen molar-refractivity contribution in [3.8, 4) is 41.4 Å². The third kappa shape index (κ3) is 6.26. The van der Waals surface area contributed by atoms with Gasteiger partial charge in [0.25, 0.3) is 0 Å². The minimum absolute atomic E-state index is 0.0345. The Morgan fingerprint density at radius 1 is 0.972 bits per heavy atom. The zero-order valence-electron chi connectivity index (χ0n) is 18.7. The van der Waals surface area contributed by atoms with Crippen LogP contribution in [0.15, 0.2) is 60.7 Å². The Labute approximate surface area is 206 Å². The van der Waals surface area contributed by atoms with E-state index >= 15 is 0 Å². The van der Waals surface area contributed by atoms with E-state index in [9.17, 15) is 14.4 Å². The third-order valence-electron chi connectivity index (χ3n) is 4.93. The van der Waals surface area contributed by atoms with Crippen LogP contribution in [-0.4, -0.2) is 29.5 Å². The Balaban J connectivity index is 0.000000513. The monoisotopic (exact) mass is 478 g/mol. The van der Waals surface area contributed by atoms with E-state index in [-0.39, 0.29) is 40.4 Å². The lowest BCUT2D eigenvalue weighted by atomic mass is 9.95. The van der Waals surface area contributed by atoms with Crippen LogP contribution in [0.2, 0.25) is 0 Å². The van der Waals surface area contributed by atoms with Crippen molar-refractivity contribution in [3.63, 3.8) is 0 Å². The predicted octanol–water partition coefficient (Wildman–Crippen LogP) is 4.41. The lowest BCUT2D eigenvalue weighted by molar-refractivity contribution is -0.115. The van der Waals surface area contributed by atoms with Gasteiger partial charge in [-0.05, 0) is 29.3 Å². The summed E-state index contributed by atoms with van der Waals surface area (Å²) in [5, 5.41) is 31.1. The van der Waals surface area contributed by atoms with Gasteiger partial charge in [0.15, 0.2) is 12.4 Å². The number of hydrogen-bond acceptors (Lipinski definition) is 6. The predicted molar refractivity (Wildman–Crippen MR) is 131 cm³/mol. The van der Waals surface area contributed by atoms with Crippen molar-refractivity contribution in [2.24, 2.45) is 0 Å². The van der Waals surface area contributed by atoms with E-state index in [1.807, 2.05) is 6.07 Å². The van der Waals surface area contributed by atoms with Crippen molar-refractivity contribution in [1.29, 1.82) is 10.5 Å². The molecule has 0 atom stereocenters. The molecule has 9 heteroatoms. The van der Waals surface area contributed by atoms with Crippen LogP contribution >= 0.6 is 0 Å². The van der Waals surface area contributed by atoms with Crippen molar-refractivity contribution >= 4 is 29.2 Å². The van der Waals surface area contributed by atoms with E-state index in [4.69, 9.17) is 26.8 Å². The van der Waals surface area contributed by atoms with E-state index in [1.54, 1.807) is 6.07 Å². The summed E-state index contributed by atoms with van der Waals surface area (Å²) in [6.45, 7) is -0.293. The van der Waals surface area contributed by atoms with Crippen molar-refractivity contribution in [1.82, 2.24) is 0 Å². The Hall–Kier alpha value is -5.59. The van der Waals surface area contributed by atoms with Gasteiger partial charge < -0.3 is 15.2 Å². The topological polar surface area (TPSA) is 152 Å². The molecule has 0 heterocycles. The standard InChI is InChI=1S/C21H14N4O5.C6H4/c1-2-14-9-16(30-7-6-22)10-17(24-21(28)29)20(14)25-19(27)11-18(26)15-5-3-4-13(8-15)12-23;1-2-6-4-3-5(1)6/h1,3-5,8-10,24H,7,11H2,(H,25,27)(H,28,29);1-4H. The van der Waals surface area contributed by atoms with Gasteiger partial charge in [-0.15, -0.1) is 6.42 Å². The third-order valence-corrected chi connectivity index (χ3v) is 4.93. The average molecular weight is 478 g/mol. The highest BCUT2D eigenvalue weighted by Gasteiger charge is 2.18. The molecule has 0 aliphatic heterocycles. The summed E-state index contributed by atoms with van der Waals surface area (Å²) in [7, 11) is 0. The molecule has 3 N–H and O–H groups in total. The molecule has 0 saturated heterocycles. The van der Waals surface area contributed by atoms with Crippen LogP contribution in [-0.2, 0) is 4.79 Å². The quantitative estimate of drug-likeness (QED) is 0.202. The number of rotatable bonds is 7. The maximum atomic E-state index is 12.4. The van der Waals surface area contributed by atoms with Crippen molar-refractivity contribution in [3.05, 3.63) is 77.4 Å². The molecule has 0 radical (unpaired) electrons. The second-order valence-electron chi connectivity index (χ2n) is 7.33. The molecule has 0 aromatic heterocycles. The molecule has 9 nitrogen and oxygen atoms in total. The molecule has 36 heavy (non-hydrogen) atoms. The normalized spacial score (nSPS) is 9.69. The van der Waals surface area contributed by atoms with Crippen molar-refractivity contribution < 1.29 is 24.2 Å². The van der Waals surface area contributed by atoms with E-state index < -0.39 is 24.2 Å². The first-order chi connectivity index (χ1) is 17.3. The molecule has 2 aliphatic carbocycles. The number of amides is 2. The summed E-state index contributed by atoms with van der Waals surface area (Å²) in [6.07, 6.45) is 3.47. The van der Waals surface area contributed by atoms with Crippen LogP contribution < -0.4 is 15.4 Å². The summed E-state index contributed by atoms with van der Waals surface area (Å²) in [5.41, 5.74) is 3.28. The molecule has 2 aromatic carbocycles. The molecular formula is C27H18N4O5. The number of fused-ring (bicyclic) bond motifs is 1. The Bertz CT molecular complexity index is 1440. The molecule has 0 fully saturated rings. The second-order valence-corrected chi connectivity index (χ2v) is 7.33. The van der Waals surface area contributed by atoms with Gasteiger partial charge in [0, 0.05) is 11.6 Å². The van der Waals surface area contributed by atoms with E-state index in [2.05, 4.69) is 40.8 Å². The maximum absolute atomic E-state index is 12.4. The van der Waals surface area contributed by atoms with Gasteiger partial charge >= 0.3 is 6.09 Å². The van der Waals surface area contributed by atoms with Crippen LogP contribution in [0.1, 0.15) is 27.9 Å². The largest absolute Gasteiger partial charge is 0.479 e. The fourth-order valence-corrected chi connectivity index (χ4v) is 3.13. The Morgan fingerprint density at radius 3 is 2.19 bits per heavy atom. The number of ketones is 1. The number of carbonyl (C=O) groups excluding carboxylic acids is 2. The van der Waals surface area contributed by atoms with E-state index in [0.717, 1.165) is 0 Å². The Kier molecular flexibility index (Phi) is 8.01. The summed E-state index contributed by atoms with van der Waals surface area (Å²) in [4.78, 5) is 35.8. The van der Waals surface area contributed by atoms with Gasteiger partial charge in [-0.25, -0.2) is 4.79 Å². The lowest BCUT2D eigenvalue weighted by Gasteiger charge is -2.15. The van der Waals surface area contributed by atoms with Crippen LogP contribution in [0.3, 0.4) is 0 Å². The number of benzene rings is 3. The molecule has 2 aliphatic rings. The number of hydrogen-bond donors (Lipinski definition) is 3. The van der Waals surface area contributed by atoms with Crippen LogP contribution in [0.4, 0.5) is 16.2 Å². The first-order valence-corrected chi connectivity index (χ1v) is 10.4. The number of nitrogens with zero attached hydrogens (tertiary/aromatic N) is 2. The van der Waals surface area contributed by atoms with Gasteiger partial charge in [0.05, 0.1) is 35.0 Å². The summed E-state index contributed by atoms with van der Waals surface area (Å²) in [5.74, 6) is 1.15. The molecule has 0 spiro atoms. The van der Waals surface area contributed by atoms with Crippen LogP contribution in [0.5, 0.6) is 5.75 Å². The molecular weight excluding hydrogens is 460 g/mol. The van der Waals surface area contributed by atoms with Gasteiger partial charge in [-0.3, -0.25) is 14.9 Å². The maximum Gasteiger partial charge on any atom is 0.409 e. The fourth-order valence-electron chi connectivity index (χ4n) is 3.13. The van der Waals surface area contributed by atoms with Gasteiger partial charge in [0.2, 0.25) is 5.91 Å². The molecule has 2 aromatic rings. The van der Waals surface area contributed by atoms with Gasteiger partial charge in [-0.2, -0.15) is 10.5 Å². The first kappa shape index (κ1) is 25.0. The number of carboxylic acid groups (broad SMARTS) is 1. The molecule has 4 rings (SSSR count). The summed E-state index contributed by atoms with van der Waals surface area (Å²) in [6, 6.07) is 20.6. The van der Waals surface area contributed by atoms with Crippen molar-refractivity contribution in [2.45, 2.75) is 6.42 Å². The molecule has 2 amide bonds. The zero-order chi connectivity index (χ0) is 26.1. The number of nitriles is 2. The molecule has 0 saturated carbocycles. The number of nitrogens with one attached hydrogen (secondary N) is 2. The van der Waals surface area contributed by atoms with E-state index in [1.165, 1.54) is 47.5 Å². The summed E-state index contributed by atoms with van der Waals surface area (Å²) >= 11 is 0. The SMILES string of the molecule is C#Cc1cc(OCC#N)cc(NC(=O)O)c1NC(=O)CC(=O)c1cccc(C#N)c1.c1cc2ccc1-2. The molecule has 176 valence electrons. The summed E-state index contributed by atoms with van der Waals surface area (Å²) < 4.78 is 5.14. The number of Topliss-reactive ketones (excluding diaryl/α,β-unsaturated/α-hetero) is 1. The second kappa shape index (κ2) is 11.5. The minimum atomic E-state index is -1.42. The first-order valence-electron chi connectivity index (χ1n) is 10.4. The number of ether oxygens (including phenoxy) is 1. The average Bonchev–Trinajstić information content (AvgIpc) is 2.86. The fraction of sp³-hybridized carbons (Fsp3) is 0.0741.